The number of carbonyl (C=O) groups excluding carboxylic acids is 1. The zero-order valence-corrected chi connectivity index (χ0v) is 14.2. The van der Waals surface area contributed by atoms with Crippen molar-refractivity contribution in [2.24, 2.45) is 0 Å². The number of nitrogens with one attached hydrogen (secondary N) is 1. The van der Waals surface area contributed by atoms with Gasteiger partial charge in [0.1, 0.15) is 0 Å². The minimum absolute atomic E-state index is 0. The predicted octanol–water partition coefficient (Wildman–Crippen LogP) is 2.32. The molecule has 2 unspecified atom stereocenters. The molecule has 1 aliphatic heterocycles. The van der Waals surface area contributed by atoms with E-state index in [9.17, 15) is 14.9 Å². The van der Waals surface area contributed by atoms with Gasteiger partial charge in [-0.15, -0.1) is 24.2 Å². The summed E-state index contributed by atoms with van der Waals surface area (Å²) >= 11 is 1.42. The summed E-state index contributed by atoms with van der Waals surface area (Å²) in [6, 6.07) is 6.55. The Kier molecular flexibility index (Phi) is 7.12. The molecule has 0 saturated carbocycles. The fourth-order valence-corrected chi connectivity index (χ4v) is 3.31. The minimum Gasteiger partial charge on any atom is -0.340 e. The van der Waals surface area contributed by atoms with Crippen LogP contribution in [0.2, 0.25) is 0 Å². The lowest BCUT2D eigenvalue weighted by Crippen LogP contribution is -2.42. The Labute approximate surface area is 140 Å². The Balaban J connectivity index is 0.00000242. The molecule has 0 bridgehead atoms. The highest BCUT2D eigenvalue weighted by atomic mass is 35.5. The second-order valence-corrected chi connectivity index (χ2v) is 6.52. The van der Waals surface area contributed by atoms with E-state index in [2.05, 4.69) is 5.32 Å². The normalized spacial score (nSPS) is 18.4. The first-order chi connectivity index (χ1) is 9.99. The van der Waals surface area contributed by atoms with Crippen LogP contribution in [-0.4, -0.2) is 47.2 Å². The van der Waals surface area contributed by atoms with Gasteiger partial charge in [-0.05, 0) is 32.0 Å². The van der Waals surface area contributed by atoms with Crippen molar-refractivity contribution in [2.75, 3.05) is 20.1 Å². The maximum Gasteiger partial charge on any atom is 0.269 e. The first-order valence-corrected chi connectivity index (χ1v) is 7.75. The van der Waals surface area contributed by atoms with Crippen molar-refractivity contribution < 1.29 is 9.72 Å². The molecule has 8 heteroatoms. The van der Waals surface area contributed by atoms with Crippen LogP contribution in [-0.2, 0) is 4.79 Å². The summed E-state index contributed by atoms with van der Waals surface area (Å²) in [5.74, 6) is 0.0899. The average Bonchev–Trinajstić information content (AvgIpc) is 3.00. The van der Waals surface area contributed by atoms with Crippen LogP contribution >= 0.6 is 24.2 Å². The van der Waals surface area contributed by atoms with Crippen LogP contribution in [0.15, 0.2) is 29.2 Å². The first kappa shape index (κ1) is 18.7. The fourth-order valence-electron chi connectivity index (χ4n) is 2.34. The van der Waals surface area contributed by atoms with E-state index >= 15 is 0 Å². The molecule has 2 atom stereocenters. The lowest BCUT2D eigenvalue weighted by Gasteiger charge is -2.26. The SMILES string of the molecule is CC(Sc1ccc([N+](=O)[O-])cc1)C(=O)N(C)C1CCNC1.Cl. The predicted molar refractivity (Wildman–Crippen MR) is 89.7 cm³/mol. The molecule has 2 rings (SSSR count). The van der Waals surface area contributed by atoms with Crippen molar-refractivity contribution in [1.82, 2.24) is 10.2 Å². The van der Waals surface area contributed by atoms with Gasteiger partial charge >= 0.3 is 0 Å². The number of thioether (sulfide) groups is 1. The van der Waals surface area contributed by atoms with Crippen molar-refractivity contribution in [3.05, 3.63) is 34.4 Å². The number of hydrogen-bond donors (Lipinski definition) is 1. The number of hydrogen-bond acceptors (Lipinski definition) is 5. The quantitative estimate of drug-likeness (QED) is 0.503. The molecule has 1 amide bonds. The summed E-state index contributed by atoms with van der Waals surface area (Å²) in [6.45, 7) is 3.66. The number of carbonyl (C=O) groups is 1. The Morgan fingerprint density at radius 1 is 1.45 bits per heavy atom. The van der Waals surface area contributed by atoms with Crippen LogP contribution in [0.1, 0.15) is 13.3 Å². The second kappa shape index (κ2) is 8.36. The standard InChI is InChI=1S/C14H19N3O3S.ClH/c1-10(14(18)16(2)12-7-8-15-9-12)21-13-5-3-11(4-6-13)17(19)20;/h3-6,10,12,15H,7-9H2,1-2H3;1H. The van der Waals surface area contributed by atoms with Gasteiger partial charge in [-0.3, -0.25) is 14.9 Å². The van der Waals surface area contributed by atoms with E-state index < -0.39 is 4.92 Å². The summed E-state index contributed by atoms with van der Waals surface area (Å²) < 4.78 is 0. The Hall–Kier alpha value is -1.31. The molecule has 1 saturated heterocycles. The zero-order valence-electron chi connectivity index (χ0n) is 12.5. The Morgan fingerprint density at radius 2 is 2.09 bits per heavy atom. The molecule has 0 spiro atoms. The third-order valence-corrected chi connectivity index (χ3v) is 4.74. The lowest BCUT2D eigenvalue weighted by atomic mass is 10.2. The van der Waals surface area contributed by atoms with E-state index in [0.717, 1.165) is 24.4 Å². The molecule has 122 valence electrons. The smallest absolute Gasteiger partial charge is 0.269 e. The number of likely N-dealkylation sites (N-methyl/N-ethyl adjacent to an activating group) is 1. The van der Waals surface area contributed by atoms with Crippen LogP contribution in [0.25, 0.3) is 0 Å². The van der Waals surface area contributed by atoms with Gasteiger partial charge in [-0.25, -0.2) is 0 Å². The fraction of sp³-hybridized carbons (Fsp3) is 0.500. The monoisotopic (exact) mass is 345 g/mol. The molecule has 1 aromatic rings. The molecule has 1 fully saturated rings. The number of nitro groups is 1. The van der Waals surface area contributed by atoms with Gasteiger partial charge in [0, 0.05) is 36.7 Å². The number of rotatable bonds is 5. The Bertz CT molecular complexity index is 521. The third kappa shape index (κ3) is 4.59. The number of non-ortho nitro benzene ring substituents is 1. The molecule has 1 aromatic carbocycles. The van der Waals surface area contributed by atoms with Crippen molar-refractivity contribution in [2.45, 2.75) is 29.5 Å². The van der Waals surface area contributed by atoms with Crippen LogP contribution in [0, 0.1) is 10.1 Å². The maximum atomic E-state index is 12.4. The van der Waals surface area contributed by atoms with Crippen LogP contribution < -0.4 is 5.32 Å². The number of nitrogens with zero attached hydrogens (tertiary/aromatic N) is 2. The molecule has 1 N–H and O–H groups in total. The van der Waals surface area contributed by atoms with E-state index in [1.807, 2.05) is 18.9 Å². The van der Waals surface area contributed by atoms with Crippen molar-refractivity contribution in [3.63, 3.8) is 0 Å². The number of benzene rings is 1. The molecule has 0 aromatic heterocycles. The van der Waals surface area contributed by atoms with Crippen LogP contribution in [0.5, 0.6) is 0 Å². The van der Waals surface area contributed by atoms with Crippen LogP contribution in [0.4, 0.5) is 5.69 Å². The summed E-state index contributed by atoms with van der Waals surface area (Å²) in [4.78, 5) is 25.2. The van der Waals surface area contributed by atoms with Crippen molar-refractivity contribution >= 4 is 35.8 Å². The Morgan fingerprint density at radius 3 is 2.59 bits per heavy atom. The maximum absolute atomic E-state index is 12.4. The van der Waals surface area contributed by atoms with E-state index in [1.165, 1.54) is 23.9 Å². The second-order valence-electron chi connectivity index (χ2n) is 5.11. The van der Waals surface area contributed by atoms with Gasteiger partial charge in [-0.1, -0.05) is 0 Å². The van der Waals surface area contributed by atoms with Crippen LogP contribution in [0.3, 0.4) is 0 Å². The molecule has 1 heterocycles. The highest BCUT2D eigenvalue weighted by Crippen LogP contribution is 2.26. The highest BCUT2D eigenvalue weighted by Gasteiger charge is 2.26. The van der Waals surface area contributed by atoms with E-state index in [0.29, 0.717) is 0 Å². The highest BCUT2D eigenvalue weighted by molar-refractivity contribution is 8.00. The van der Waals surface area contributed by atoms with Gasteiger partial charge in [0.25, 0.3) is 5.69 Å². The molecule has 0 aliphatic carbocycles. The number of nitro benzene ring substituents is 1. The summed E-state index contributed by atoms with van der Waals surface area (Å²) in [6.07, 6.45) is 0.983. The molecular formula is C14H20ClN3O3S. The zero-order chi connectivity index (χ0) is 15.4. The molecule has 22 heavy (non-hydrogen) atoms. The molecular weight excluding hydrogens is 326 g/mol. The lowest BCUT2D eigenvalue weighted by molar-refractivity contribution is -0.384. The van der Waals surface area contributed by atoms with Gasteiger partial charge in [0.2, 0.25) is 5.91 Å². The van der Waals surface area contributed by atoms with E-state index in [4.69, 9.17) is 0 Å². The van der Waals surface area contributed by atoms with E-state index in [1.54, 1.807) is 12.1 Å². The third-order valence-electron chi connectivity index (χ3n) is 3.64. The topological polar surface area (TPSA) is 75.5 Å². The first-order valence-electron chi connectivity index (χ1n) is 6.87. The summed E-state index contributed by atoms with van der Waals surface area (Å²) in [5.41, 5.74) is 0.0625. The van der Waals surface area contributed by atoms with Crippen molar-refractivity contribution in [3.8, 4) is 0 Å². The molecule has 0 radical (unpaired) electrons. The average molecular weight is 346 g/mol. The van der Waals surface area contributed by atoms with Crippen molar-refractivity contribution in [1.29, 1.82) is 0 Å². The minimum atomic E-state index is -0.427. The van der Waals surface area contributed by atoms with Gasteiger partial charge < -0.3 is 10.2 Å². The molecule has 6 nitrogen and oxygen atoms in total. The largest absolute Gasteiger partial charge is 0.340 e. The summed E-state index contributed by atoms with van der Waals surface area (Å²) in [7, 11) is 1.84. The molecule has 1 aliphatic rings. The van der Waals surface area contributed by atoms with Gasteiger partial charge in [0.15, 0.2) is 0 Å². The summed E-state index contributed by atoms with van der Waals surface area (Å²) in [5, 5.41) is 13.6. The number of amides is 1. The number of halogens is 1. The van der Waals surface area contributed by atoms with Gasteiger partial charge in [0.05, 0.1) is 10.2 Å². The van der Waals surface area contributed by atoms with E-state index in [-0.39, 0.29) is 35.3 Å². The van der Waals surface area contributed by atoms with Gasteiger partial charge in [-0.2, -0.15) is 0 Å².